The fourth-order valence-corrected chi connectivity index (χ4v) is 4.83. The first-order valence-corrected chi connectivity index (χ1v) is 9.41. The molecule has 0 spiro atoms. The Balaban J connectivity index is 2.93. The summed E-state index contributed by atoms with van der Waals surface area (Å²) in [5, 5.41) is -2.33. The Bertz CT molecular complexity index is 818. The zero-order chi connectivity index (χ0) is 19.6. The first kappa shape index (κ1) is 20.6. The number of pyridine rings is 1. The van der Waals surface area contributed by atoms with E-state index in [0.29, 0.717) is 0 Å². The van der Waals surface area contributed by atoms with Crippen LogP contribution in [0.1, 0.15) is 20.8 Å². The Kier molecular flexibility index (Phi) is 6.27. The summed E-state index contributed by atoms with van der Waals surface area (Å²) in [6.07, 6.45) is 0. The topological polar surface area (TPSA) is 40.6 Å². The molecule has 26 heavy (non-hydrogen) atoms. The lowest BCUT2D eigenvalue weighted by molar-refractivity contribution is 0.0841. The molecule has 0 amide bonds. The van der Waals surface area contributed by atoms with E-state index < -0.39 is 59.9 Å². The number of hydrogen-bond donors (Lipinski definition) is 0. The number of benzene rings is 1. The average Bonchev–Trinajstić information content (AvgIpc) is 2.60. The van der Waals surface area contributed by atoms with Crippen LogP contribution >= 0.6 is 0 Å². The number of halogens is 6. The second-order valence-electron chi connectivity index (χ2n) is 4.92. The van der Waals surface area contributed by atoms with Gasteiger partial charge in [0.05, 0.1) is 5.39 Å². The Labute approximate surface area is 146 Å². The zero-order valence-corrected chi connectivity index (χ0v) is 15.1. The number of rotatable bonds is 7. The van der Waals surface area contributed by atoms with E-state index in [1.165, 1.54) is 20.8 Å². The van der Waals surface area contributed by atoms with Crippen LogP contribution in [0.5, 0.6) is 0 Å². The van der Waals surface area contributed by atoms with Gasteiger partial charge in [0.2, 0.25) is 0 Å². The minimum Gasteiger partial charge on any atom is -0.369 e. The van der Waals surface area contributed by atoms with E-state index in [0.717, 1.165) is 0 Å². The maximum Gasteiger partial charge on any atom is 0.559 e. The van der Waals surface area contributed by atoms with Crippen molar-refractivity contribution in [1.29, 1.82) is 0 Å². The quantitative estimate of drug-likeness (QED) is 0.310. The van der Waals surface area contributed by atoms with Gasteiger partial charge in [-0.15, -0.1) is 0 Å². The predicted molar refractivity (Wildman–Crippen MR) is 81.8 cm³/mol. The zero-order valence-electron chi connectivity index (χ0n) is 14.1. The highest BCUT2D eigenvalue weighted by molar-refractivity contribution is 6.74. The highest BCUT2D eigenvalue weighted by Gasteiger charge is 2.49. The van der Waals surface area contributed by atoms with Crippen LogP contribution < -0.4 is 5.32 Å². The highest BCUT2D eigenvalue weighted by atomic mass is 28.4. The number of hydrogen-bond acceptors (Lipinski definition) is 4. The molecule has 1 aromatic heterocycles. The largest absolute Gasteiger partial charge is 0.559 e. The number of fused-ring (bicyclic) bond motifs is 1. The van der Waals surface area contributed by atoms with E-state index in [1.54, 1.807) is 0 Å². The van der Waals surface area contributed by atoms with Crippen LogP contribution in [0.4, 0.5) is 26.3 Å². The van der Waals surface area contributed by atoms with Crippen molar-refractivity contribution in [2.75, 3.05) is 19.8 Å². The third-order valence-corrected chi connectivity index (χ3v) is 6.30. The van der Waals surface area contributed by atoms with Crippen molar-refractivity contribution in [2.45, 2.75) is 20.8 Å². The molecule has 0 aliphatic heterocycles. The lowest BCUT2D eigenvalue weighted by Crippen LogP contribution is -2.59. The van der Waals surface area contributed by atoms with E-state index >= 15 is 0 Å². The molecule has 2 aromatic rings. The van der Waals surface area contributed by atoms with Gasteiger partial charge in [0, 0.05) is 19.8 Å². The second-order valence-corrected chi connectivity index (χ2v) is 7.38. The maximum atomic E-state index is 14.6. The molecular formula is C15H15F6NO3Si. The Morgan fingerprint density at radius 3 is 1.54 bits per heavy atom. The number of aromatic nitrogens is 1. The molecule has 1 aromatic carbocycles. The summed E-state index contributed by atoms with van der Waals surface area (Å²) in [5.74, 6) is -12.2. The van der Waals surface area contributed by atoms with Gasteiger partial charge in [-0.1, -0.05) is 0 Å². The van der Waals surface area contributed by atoms with E-state index in [4.69, 9.17) is 13.3 Å². The van der Waals surface area contributed by atoms with Gasteiger partial charge in [-0.2, -0.15) is 0 Å². The molecule has 4 nitrogen and oxygen atoms in total. The molecule has 144 valence electrons. The average molecular weight is 399 g/mol. The molecule has 0 fully saturated rings. The lowest BCUT2D eigenvalue weighted by atomic mass is 10.1. The summed E-state index contributed by atoms with van der Waals surface area (Å²) >= 11 is 0. The normalized spacial score (nSPS) is 12.2. The van der Waals surface area contributed by atoms with Gasteiger partial charge in [0.25, 0.3) is 0 Å². The molecule has 0 saturated heterocycles. The first-order valence-electron chi connectivity index (χ1n) is 7.68. The van der Waals surface area contributed by atoms with Gasteiger partial charge >= 0.3 is 8.80 Å². The van der Waals surface area contributed by atoms with Crippen molar-refractivity contribution in [2.24, 2.45) is 0 Å². The van der Waals surface area contributed by atoms with Gasteiger partial charge in [0.1, 0.15) is 5.52 Å². The summed E-state index contributed by atoms with van der Waals surface area (Å²) in [7, 11) is -4.17. The van der Waals surface area contributed by atoms with Crippen LogP contribution in [0.3, 0.4) is 0 Å². The second kappa shape index (κ2) is 7.90. The molecule has 0 bridgehead atoms. The predicted octanol–water partition coefficient (Wildman–Crippen LogP) is 3.32. The monoisotopic (exact) mass is 399 g/mol. The standard InChI is InChI=1S/C15H15F6NO3Si/c1-4-23-26(24-5-2,25-6-3)15-13(21)9(17)7-8(16)10(18)11(19)12(20)14(7)22-15/h4-6H2,1-3H3. The Hall–Kier alpha value is -1.69. The fraction of sp³-hybridized carbons (Fsp3) is 0.400. The van der Waals surface area contributed by atoms with Crippen LogP contribution in [-0.2, 0) is 13.3 Å². The van der Waals surface area contributed by atoms with Crippen molar-refractivity contribution in [3.05, 3.63) is 34.9 Å². The van der Waals surface area contributed by atoms with Crippen LogP contribution in [0.15, 0.2) is 0 Å². The molecule has 0 aliphatic rings. The molecular weight excluding hydrogens is 384 g/mol. The van der Waals surface area contributed by atoms with Crippen molar-refractivity contribution in [3.8, 4) is 0 Å². The first-order chi connectivity index (χ1) is 12.3. The van der Waals surface area contributed by atoms with Gasteiger partial charge < -0.3 is 13.3 Å². The van der Waals surface area contributed by atoms with Crippen LogP contribution in [0, 0.1) is 34.9 Å². The summed E-state index contributed by atoms with van der Waals surface area (Å²) in [6, 6.07) is 0. The molecule has 11 heteroatoms. The van der Waals surface area contributed by atoms with Crippen molar-refractivity contribution < 1.29 is 39.6 Å². The van der Waals surface area contributed by atoms with Gasteiger partial charge in [0.15, 0.2) is 40.2 Å². The number of nitrogens with zero attached hydrogens (tertiary/aromatic N) is 1. The minimum atomic E-state index is -4.17. The van der Waals surface area contributed by atoms with Gasteiger partial charge in [-0.05, 0) is 20.8 Å². The lowest BCUT2D eigenvalue weighted by Gasteiger charge is -2.28. The van der Waals surface area contributed by atoms with E-state index in [1.807, 2.05) is 0 Å². The van der Waals surface area contributed by atoms with Crippen LogP contribution in [0.25, 0.3) is 10.9 Å². The van der Waals surface area contributed by atoms with Crippen molar-refractivity contribution >= 4 is 25.0 Å². The minimum absolute atomic E-state index is 0.0539. The maximum absolute atomic E-state index is 14.6. The molecule has 0 saturated carbocycles. The molecule has 0 unspecified atom stereocenters. The van der Waals surface area contributed by atoms with Gasteiger partial charge in [-0.3, -0.25) is 0 Å². The molecule has 1 heterocycles. The van der Waals surface area contributed by atoms with E-state index in [9.17, 15) is 26.3 Å². The smallest absolute Gasteiger partial charge is 0.369 e. The molecule has 0 radical (unpaired) electrons. The molecule has 0 N–H and O–H groups in total. The fourth-order valence-electron chi connectivity index (χ4n) is 2.40. The summed E-state index contributed by atoms with van der Waals surface area (Å²) < 4.78 is 99.8. The SMILES string of the molecule is CCO[Si](OCC)(OCC)c1nc2c(F)c(F)c(F)c(F)c2c(F)c1F. The molecule has 2 rings (SSSR count). The third kappa shape index (κ3) is 3.19. The highest BCUT2D eigenvalue weighted by Crippen LogP contribution is 2.29. The van der Waals surface area contributed by atoms with Crippen molar-refractivity contribution in [3.63, 3.8) is 0 Å². The van der Waals surface area contributed by atoms with E-state index in [-0.39, 0.29) is 19.8 Å². The third-order valence-electron chi connectivity index (χ3n) is 3.38. The van der Waals surface area contributed by atoms with E-state index in [2.05, 4.69) is 4.98 Å². The molecule has 0 atom stereocenters. The van der Waals surface area contributed by atoms with Crippen molar-refractivity contribution in [1.82, 2.24) is 4.98 Å². The van der Waals surface area contributed by atoms with Crippen LogP contribution in [-0.4, -0.2) is 33.6 Å². The van der Waals surface area contributed by atoms with Gasteiger partial charge in [-0.25, -0.2) is 31.3 Å². The molecule has 0 aliphatic carbocycles. The van der Waals surface area contributed by atoms with Crippen LogP contribution in [0.2, 0.25) is 0 Å². The summed E-state index contributed by atoms with van der Waals surface area (Å²) in [4.78, 5) is 3.48. The summed E-state index contributed by atoms with van der Waals surface area (Å²) in [6.45, 7) is 4.39. The Morgan fingerprint density at radius 1 is 0.654 bits per heavy atom. The summed E-state index contributed by atoms with van der Waals surface area (Å²) in [5.41, 5.74) is -1.23. The Morgan fingerprint density at radius 2 is 1.08 bits per heavy atom.